The summed E-state index contributed by atoms with van der Waals surface area (Å²) < 4.78 is 12.1. The highest BCUT2D eigenvalue weighted by Crippen LogP contribution is 2.25. The van der Waals surface area contributed by atoms with Gasteiger partial charge in [0.05, 0.1) is 13.2 Å². The van der Waals surface area contributed by atoms with Gasteiger partial charge in [-0.15, -0.1) is 0 Å². The Kier molecular flexibility index (Phi) is 5.65. The minimum atomic E-state index is -0.413. The first-order valence-electron chi connectivity index (χ1n) is 6.87. The fraction of sp³-hybridized carbons (Fsp3) is 0.294. The van der Waals surface area contributed by atoms with Crippen LogP contribution in [0.15, 0.2) is 46.9 Å². The van der Waals surface area contributed by atoms with Gasteiger partial charge in [-0.05, 0) is 42.3 Å². The van der Waals surface area contributed by atoms with Crippen LogP contribution in [0.5, 0.6) is 11.5 Å². The Balaban J connectivity index is 2.04. The maximum atomic E-state index is 9.76. The van der Waals surface area contributed by atoms with Crippen LogP contribution < -0.4 is 9.47 Å². The third kappa shape index (κ3) is 4.22. The molecule has 2 aromatic carbocycles. The monoisotopic (exact) mass is 350 g/mol. The molecular formula is C17H19BrO3. The fourth-order valence-corrected chi connectivity index (χ4v) is 2.45. The van der Waals surface area contributed by atoms with Crippen molar-refractivity contribution in [3.63, 3.8) is 0 Å². The summed E-state index contributed by atoms with van der Waals surface area (Å²) in [5.41, 5.74) is 1.88. The number of aliphatic hydroxyl groups is 1. The van der Waals surface area contributed by atoms with Crippen molar-refractivity contribution in [2.24, 2.45) is 0 Å². The lowest BCUT2D eigenvalue weighted by atomic mass is 10.1. The van der Waals surface area contributed by atoms with Gasteiger partial charge in [0.2, 0.25) is 0 Å². The molecule has 0 heterocycles. The van der Waals surface area contributed by atoms with E-state index in [0.717, 1.165) is 27.1 Å². The molecule has 0 amide bonds. The first-order valence-corrected chi connectivity index (χ1v) is 7.66. The van der Waals surface area contributed by atoms with E-state index in [1.54, 1.807) is 7.11 Å². The molecule has 1 atom stereocenters. The number of hydrogen-bond donors (Lipinski definition) is 1. The number of rotatable bonds is 6. The third-order valence-corrected chi connectivity index (χ3v) is 3.78. The fourth-order valence-electron chi connectivity index (χ4n) is 2.04. The van der Waals surface area contributed by atoms with Crippen molar-refractivity contribution < 1.29 is 14.6 Å². The van der Waals surface area contributed by atoms with Gasteiger partial charge in [-0.25, -0.2) is 0 Å². The molecule has 0 aliphatic heterocycles. The van der Waals surface area contributed by atoms with Gasteiger partial charge in [-0.2, -0.15) is 0 Å². The second kappa shape index (κ2) is 7.48. The molecule has 0 spiro atoms. The number of ether oxygens (including phenoxy) is 2. The lowest BCUT2D eigenvalue weighted by Crippen LogP contribution is -1.99. The Hall–Kier alpha value is -1.52. The first kappa shape index (κ1) is 15.9. The zero-order valence-corrected chi connectivity index (χ0v) is 13.8. The molecule has 0 radical (unpaired) electrons. The van der Waals surface area contributed by atoms with E-state index in [-0.39, 0.29) is 0 Å². The zero-order valence-electron chi connectivity index (χ0n) is 12.2. The van der Waals surface area contributed by atoms with Crippen molar-refractivity contribution >= 4 is 15.9 Å². The van der Waals surface area contributed by atoms with Crippen molar-refractivity contribution in [2.75, 3.05) is 7.11 Å². The lowest BCUT2D eigenvalue weighted by Gasteiger charge is -2.12. The van der Waals surface area contributed by atoms with Gasteiger partial charge >= 0.3 is 0 Å². The van der Waals surface area contributed by atoms with E-state index in [2.05, 4.69) is 15.9 Å². The number of halogens is 1. The minimum absolute atomic E-state index is 0.413. The zero-order chi connectivity index (χ0) is 15.2. The smallest absolute Gasteiger partial charge is 0.125 e. The quantitative estimate of drug-likeness (QED) is 0.834. The van der Waals surface area contributed by atoms with Gasteiger partial charge in [-0.1, -0.05) is 35.0 Å². The second-order valence-corrected chi connectivity index (χ2v) is 5.65. The van der Waals surface area contributed by atoms with Gasteiger partial charge in [0, 0.05) is 10.0 Å². The third-order valence-electron chi connectivity index (χ3n) is 3.29. The van der Waals surface area contributed by atoms with E-state index in [4.69, 9.17) is 9.47 Å². The SMILES string of the molecule is CC[C@H](O)c1ccc(OCc2cc(Br)ccc2OC)cc1. The predicted octanol–water partition coefficient (Wildman–Crippen LogP) is 4.48. The highest BCUT2D eigenvalue weighted by Gasteiger charge is 2.07. The number of hydrogen-bond acceptors (Lipinski definition) is 3. The molecule has 3 nitrogen and oxygen atoms in total. The summed E-state index contributed by atoms with van der Waals surface area (Å²) in [5.74, 6) is 1.57. The highest BCUT2D eigenvalue weighted by atomic mass is 79.9. The van der Waals surface area contributed by atoms with Crippen LogP contribution in [0.1, 0.15) is 30.6 Å². The summed E-state index contributed by atoms with van der Waals surface area (Å²) in [6.45, 7) is 2.38. The summed E-state index contributed by atoms with van der Waals surface area (Å²) in [4.78, 5) is 0. The van der Waals surface area contributed by atoms with Crippen LogP contribution in [0.3, 0.4) is 0 Å². The van der Waals surface area contributed by atoms with Crippen molar-refractivity contribution in [2.45, 2.75) is 26.1 Å². The van der Waals surface area contributed by atoms with Crippen LogP contribution in [0, 0.1) is 0 Å². The van der Waals surface area contributed by atoms with Crippen LogP contribution in [0.2, 0.25) is 0 Å². The molecule has 112 valence electrons. The van der Waals surface area contributed by atoms with Crippen LogP contribution >= 0.6 is 15.9 Å². The summed E-state index contributed by atoms with van der Waals surface area (Å²) in [7, 11) is 1.65. The van der Waals surface area contributed by atoms with E-state index in [1.807, 2.05) is 49.4 Å². The van der Waals surface area contributed by atoms with Crippen LogP contribution in [0.25, 0.3) is 0 Å². The average molecular weight is 351 g/mol. The largest absolute Gasteiger partial charge is 0.496 e. The molecule has 0 aliphatic carbocycles. The molecule has 2 rings (SSSR count). The van der Waals surface area contributed by atoms with Crippen molar-refractivity contribution in [1.29, 1.82) is 0 Å². The molecule has 21 heavy (non-hydrogen) atoms. The molecule has 2 aromatic rings. The lowest BCUT2D eigenvalue weighted by molar-refractivity contribution is 0.173. The van der Waals surface area contributed by atoms with Crippen LogP contribution in [-0.2, 0) is 6.61 Å². The van der Waals surface area contributed by atoms with Crippen LogP contribution in [0.4, 0.5) is 0 Å². The van der Waals surface area contributed by atoms with Gasteiger partial charge in [0.1, 0.15) is 18.1 Å². The maximum absolute atomic E-state index is 9.76. The summed E-state index contributed by atoms with van der Waals surface area (Å²) in [6, 6.07) is 13.3. The molecule has 0 bridgehead atoms. The summed E-state index contributed by atoms with van der Waals surface area (Å²) in [5, 5.41) is 9.76. The maximum Gasteiger partial charge on any atom is 0.125 e. The van der Waals surface area contributed by atoms with Gasteiger partial charge in [-0.3, -0.25) is 0 Å². The average Bonchev–Trinajstić information content (AvgIpc) is 2.52. The predicted molar refractivity (Wildman–Crippen MR) is 86.7 cm³/mol. The number of benzene rings is 2. The second-order valence-electron chi connectivity index (χ2n) is 4.74. The normalized spacial score (nSPS) is 12.0. The first-order chi connectivity index (χ1) is 10.1. The molecule has 0 aliphatic rings. The van der Waals surface area contributed by atoms with E-state index in [9.17, 15) is 5.11 Å². The Labute approximate surface area is 133 Å². The Morgan fingerprint density at radius 2 is 1.86 bits per heavy atom. The Morgan fingerprint density at radius 3 is 2.48 bits per heavy atom. The molecule has 0 aromatic heterocycles. The minimum Gasteiger partial charge on any atom is -0.496 e. The Bertz CT molecular complexity index is 581. The van der Waals surface area contributed by atoms with E-state index in [0.29, 0.717) is 13.0 Å². The molecule has 4 heteroatoms. The highest BCUT2D eigenvalue weighted by molar-refractivity contribution is 9.10. The van der Waals surface area contributed by atoms with Gasteiger partial charge in [0.25, 0.3) is 0 Å². The Morgan fingerprint density at radius 1 is 1.14 bits per heavy atom. The molecule has 0 saturated heterocycles. The molecule has 0 saturated carbocycles. The van der Waals surface area contributed by atoms with E-state index >= 15 is 0 Å². The molecule has 0 fully saturated rings. The van der Waals surface area contributed by atoms with Crippen molar-refractivity contribution in [1.82, 2.24) is 0 Å². The van der Waals surface area contributed by atoms with E-state index in [1.165, 1.54) is 0 Å². The van der Waals surface area contributed by atoms with E-state index < -0.39 is 6.10 Å². The van der Waals surface area contributed by atoms with Gasteiger partial charge < -0.3 is 14.6 Å². The molecule has 0 unspecified atom stereocenters. The van der Waals surface area contributed by atoms with Crippen LogP contribution in [-0.4, -0.2) is 12.2 Å². The summed E-state index contributed by atoms with van der Waals surface area (Å²) >= 11 is 3.45. The standard InChI is InChI=1S/C17H19BrO3/c1-3-16(19)12-4-7-15(8-5-12)21-11-13-10-14(18)6-9-17(13)20-2/h4-10,16,19H,3,11H2,1-2H3/t16-/m0/s1. The van der Waals surface area contributed by atoms with Crippen molar-refractivity contribution in [3.05, 3.63) is 58.1 Å². The molecular weight excluding hydrogens is 332 g/mol. The molecule has 1 N–H and O–H groups in total. The summed E-state index contributed by atoms with van der Waals surface area (Å²) in [6.07, 6.45) is 0.291. The topological polar surface area (TPSA) is 38.7 Å². The van der Waals surface area contributed by atoms with Gasteiger partial charge in [0.15, 0.2) is 0 Å². The van der Waals surface area contributed by atoms with Crippen molar-refractivity contribution in [3.8, 4) is 11.5 Å². The number of aliphatic hydroxyl groups excluding tert-OH is 1. The number of methoxy groups -OCH3 is 1.